The van der Waals surface area contributed by atoms with Gasteiger partial charge in [0, 0.05) is 18.8 Å². The van der Waals surface area contributed by atoms with Gasteiger partial charge in [-0.1, -0.05) is 30.3 Å². The highest BCUT2D eigenvalue weighted by molar-refractivity contribution is 5.79. The van der Waals surface area contributed by atoms with Crippen LogP contribution in [0.15, 0.2) is 30.3 Å². The third kappa shape index (κ3) is 4.77. The molecule has 1 fully saturated rings. The molecule has 1 amide bonds. The van der Waals surface area contributed by atoms with Crippen LogP contribution in [0.2, 0.25) is 0 Å². The van der Waals surface area contributed by atoms with E-state index < -0.39 is 5.92 Å². The molecule has 1 aliphatic rings. The van der Waals surface area contributed by atoms with Crippen molar-refractivity contribution in [1.82, 2.24) is 5.32 Å². The van der Waals surface area contributed by atoms with Crippen LogP contribution in [0.1, 0.15) is 31.2 Å². The predicted octanol–water partition coefficient (Wildman–Crippen LogP) is 2.53. The second-order valence-corrected chi connectivity index (χ2v) is 5.71. The summed E-state index contributed by atoms with van der Waals surface area (Å²) in [6.07, 6.45) is 0.498. The van der Waals surface area contributed by atoms with Crippen molar-refractivity contribution in [3.05, 3.63) is 35.9 Å². The lowest BCUT2D eigenvalue weighted by Gasteiger charge is -2.28. The minimum Gasteiger partial charge on any atom is -0.394 e. The molecule has 1 saturated carbocycles. The first-order chi connectivity index (χ1) is 10.00. The minimum atomic E-state index is -2.63. The summed E-state index contributed by atoms with van der Waals surface area (Å²) in [5, 5.41) is 12.2. The number of carbonyl (C=O) groups is 1. The van der Waals surface area contributed by atoms with Crippen molar-refractivity contribution >= 4 is 5.91 Å². The van der Waals surface area contributed by atoms with E-state index in [-0.39, 0.29) is 50.2 Å². The predicted molar refractivity (Wildman–Crippen MR) is 76.1 cm³/mol. The Morgan fingerprint density at radius 1 is 1.29 bits per heavy atom. The summed E-state index contributed by atoms with van der Waals surface area (Å²) in [6.45, 7) is -0.163. The molecule has 2 N–H and O–H groups in total. The van der Waals surface area contributed by atoms with E-state index in [0.29, 0.717) is 6.42 Å². The molecule has 116 valence electrons. The maximum absolute atomic E-state index is 13.1. The van der Waals surface area contributed by atoms with E-state index in [1.54, 1.807) is 0 Å². The van der Waals surface area contributed by atoms with E-state index in [0.717, 1.165) is 5.56 Å². The number of nitrogens with one attached hydrogen (secondary N) is 1. The van der Waals surface area contributed by atoms with Crippen molar-refractivity contribution in [3.8, 4) is 0 Å². The number of hydrogen-bond donors (Lipinski definition) is 2. The highest BCUT2D eigenvalue weighted by atomic mass is 19.3. The Morgan fingerprint density at radius 2 is 1.90 bits per heavy atom. The molecular weight excluding hydrogens is 276 g/mol. The second-order valence-electron chi connectivity index (χ2n) is 5.71. The van der Waals surface area contributed by atoms with Gasteiger partial charge in [-0.3, -0.25) is 4.79 Å². The molecule has 5 heteroatoms. The fourth-order valence-corrected chi connectivity index (χ4v) is 2.68. The van der Waals surface area contributed by atoms with E-state index in [1.807, 2.05) is 30.3 Å². The SMILES string of the molecule is O=C(NC(CO)Cc1ccccc1)C1CCC(F)(F)CC1. The van der Waals surface area contributed by atoms with Gasteiger partial charge in [-0.25, -0.2) is 8.78 Å². The Labute approximate surface area is 123 Å². The van der Waals surface area contributed by atoms with E-state index >= 15 is 0 Å². The van der Waals surface area contributed by atoms with Crippen LogP contribution in [-0.4, -0.2) is 29.6 Å². The van der Waals surface area contributed by atoms with Crippen LogP contribution < -0.4 is 5.32 Å². The monoisotopic (exact) mass is 297 g/mol. The van der Waals surface area contributed by atoms with Gasteiger partial charge in [0.05, 0.1) is 12.6 Å². The first-order valence-electron chi connectivity index (χ1n) is 7.33. The van der Waals surface area contributed by atoms with Gasteiger partial charge in [-0.2, -0.15) is 0 Å². The third-order valence-corrected chi connectivity index (χ3v) is 3.98. The van der Waals surface area contributed by atoms with Crippen molar-refractivity contribution in [3.63, 3.8) is 0 Å². The maximum Gasteiger partial charge on any atom is 0.248 e. The van der Waals surface area contributed by atoms with E-state index in [4.69, 9.17) is 0 Å². The second kappa shape index (κ2) is 6.98. The largest absolute Gasteiger partial charge is 0.394 e. The molecule has 0 aliphatic heterocycles. The standard InChI is InChI=1S/C16H21F2NO2/c17-16(18)8-6-13(7-9-16)15(21)19-14(11-20)10-12-4-2-1-3-5-12/h1-5,13-14,20H,6-11H2,(H,19,21). The molecule has 1 aromatic rings. The molecule has 1 aromatic carbocycles. The lowest BCUT2D eigenvalue weighted by Crippen LogP contribution is -2.44. The summed E-state index contributed by atoms with van der Waals surface area (Å²) in [4.78, 5) is 12.1. The van der Waals surface area contributed by atoms with Crippen LogP contribution in [0.25, 0.3) is 0 Å². The van der Waals surface area contributed by atoms with Gasteiger partial charge in [-0.05, 0) is 24.8 Å². The fourth-order valence-electron chi connectivity index (χ4n) is 2.68. The summed E-state index contributed by atoms with van der Waals surface area (Å²) >= 11 is 0. The number of aliphatic hydroxyl groups excluding tert-OH is 1. The summed E-state index contributed by atoms with van der Waals surface area (Å²) in [5.41, 5.74) is 1.02. The molecule has 0 spiro atoms. The highest BCUT2D eigenvalue weighted by Gasteiger charge is 2.37. The van der Waals surface area contributed by atoms with Gasteiger partial charge in [0.15, 0.2) is 0 Å². The molecule has 0 bridgehead atoms. The molecule has 1 atom stereocenters. The molecule has 0 aromatic heterocycles. The van der Waals surface area contributed by atoms with E-state index in [1.165, 1.54) is 0 Å². The lowest BCUT2D eigenvalue weighted by atomic mass is 9.86. The number of alkyl halides is 2. The lowest BCUT2D eigenvalue weighted by molar-refractivity contribution is -0.130. The number of benzene rings is 1. The van der Waals surface area contributed by atoms with Crippen LogP contribution >= 0.6 is 0 Å². The van der Waals surface area contributed by atoms with Gasteiger partial charge >= 0.3 is 0 Å². The van der Waals surface area contributed by atoms with Crippen LogP contribution in [0, 0.1) is 5.92 Å². The summed E-state index contributed by atoms with van der Waals surface area (Å²) in [7, 11) is 0. The molecule has 3 nitrogen and oxygen atoms in total. The Hall–Kier alpha value is -1.49. The number of carbonyl (C=O) groups excluding carboxylic acids is 1. The molecule has 0 saturated heterocycles. The maximum atomic E-state index is 13.1. The van der Waals surface area contributed by atoms with Gasteiger partial charge in [0.2, 0.25) is 11.8 Å². The van der Waals surface area contributed by atoms with Crippen LogP contribution in [0.5, 0.6) is 0 Å². The molecule has 1 aliphatic carbocycles. The molecule has 0 radical (unpaired) electrons. The Morgan fingerprint density at radius 3 is 2.48 bits per heavy atom. The quantitative estimate of drug-likeness (QED) is 0.877. The zero-order valence-corrected chi connectivity index (χ0v) is 11.9. The zero-order valence-electron chi connectivity index (χ0n) is 11.9. The van der Waals surface area contributed by atoms with Gasteiger partial charge < -0.3 is 10.4 Å². The third-order valence-electron chi connectivity index (χ3n) is 3.98. The van der Waals surface area contributed by atoms with Crippen LogP contribution in [-0.2, 0) is 11.2 Å². The molecule has 21 heavy (non-hydrogen) atoms. The molecule has 0 heterocycles. The number of hydrogen-bond acceptors (Lipinski definition) is 2. The molecule has 1 unspecified atom stereocenters. The average molecular weight is 297 g/mol. The Balaban J connectivity index is 1.85. The Bertz CT molecular complexity index is 455. The van der Waals surface area contributed by atoms with Crippen LogP contribution in [0.3, 0.4) is 0 Å². The van der Waals surface area contributed by atoms with E-state index in [9.17, 15) is 18.7 Å². The topological polar surface area (TPSA) is 49.3 Å². The highest BCUT2D eigenvalue weighted by Crippen LogP contribution is 2.36. The van der Waals surface area contributed by atoms with Crippen LogP contribution in [0.4, 0.5) is 8.78 Å². The number of halogens is 2. The van der Waals surface area contributed by atoms with Gasteiger partial charge in [0.1, 0.15) is 0 Å². The zero-order chi connectivity index (χ0) is 15.3. The fraction of sp³-hybridized carbons (Fsp3) is 0.562. The van der Waals surface area contributed by atoms with Crippen molar-refractivity contribution in [2.75, 3.05) is 6.61 Å². The summed E-state index contributed by atoms with van der Waals surface area (Å²) in [6, 6.07) is 9.18. The first kappa shape index (κ1) is 15.9. The van der Waals surface area contributed by atoms with Crippen molar-refractivity contribution in [2.45, 2.75) is 44.1 Å². The first-order valence-corrected chi connectivity index (χ1v) is 7.33. The summed E-state index contributed by atoms with van der Waals surface area (Å²) < 4.78 is 26.2. The van der Waals surface area contributed by atoms with Gasteiger partial charge in [-0.15, -0.1) is 0 Å². The average Bonchev–Trinajstić information content (AvgIpc) is 2.47. The number of amides is 1. The van der Waals surface area contributed by atoms with Crippen molar-refractivity contribution in [1.29, 1.82) is 0 Å². The van der Waals surface area contributed by atoms with Crippen molar-refractivity contribution in [2.24, 2.45) is 5.92 Å². The number of aliphatic hydroxyl groups is 1. The number of rotatable bonds is 5. The Kier molecular flexibility index (Phi) is 5.28. The van der Waals surface area contributed by atoms with Gasteiger partial charge in [0.25, 0.3) is 0 Å². The minimum absolute atomic E-state index is 0.163. The van der Waals surface area contributed by atoms with E-state index in [2.05, 4.69) is 5.32 Å². The normalized spacial score (nSPS) is 20.0. The smallest absolute Gasteiger partial charge is 0.248 e. The molecular formula is C16H21F2NO2. The molecule has 2 rings (SSSR count). The van der Waals surface area contributed by atoms with Crippen molar-refractivity contribution < 1.29 is 18.7 Å². The summed E-state index contributed by atoms with van der Waals surface area (Å²) in [5.74, 6) is -3.22.